The van der Waals surface area contributed by atoms with Crippen molar-refractivity contribution in [1.29, 1.82) is 0 Å². The van der Waals surface area contributed by atoms with E-state index in [1.165, 1.54) is 0 Å². The number of nitrogens with one attached hydrogen (secondary N) is 1. The van der Waals surface area contributed by atoms with E-state index in [2.05, 4.69) is 15.5 Å². The van der Waals surface area contributed by atoms with Crippen LogP contribution in [0.3, 0.4) is 0 Å². The van der Waals surface area contributed by atoms with Crippen LogP contribution in [-0.4, -0.2) is 14.8 Å². The fraction of sp³-hybridized carbons (Fsp3) is 0.273. The second-order valence-electron chi connectivity index (χ2n) is 3.86. The predicted octanol–water partition coefficient (Wildman–Crippen LogP) is 1.22. The zero-order valence-electron chi connectivity index (χ0n) is 9.47. The van der Waals surface area contributed by atoms with Gasteiger partial charge in [0.15, 0.2) is 0 Å². The summed E-state index contributed by atoms with van der Waals surface area (Å²) >= 11 is 5.86. The molecule has 90 valence electrons. The van der Waals surface area contributed by atoms with Gasteiger partial charge in [-0.3, -0.25) is 16.0 Å². The Morgan fingerprint density at radius 2 is 2.41 bits per heavy atom. The zero-order valence-corrected chi connectivity index (χ0v) is 10.2. The van der Waals surface area contributed by atoms with Crippen LogP contribution in [0, 0.1) is 0 Å². The number of aryl methyl sites for hydroxylation is 1. The van der Waals surface area contributed by atoms with Gasteiger partial charge in [0.05, 0.1) is 12.2 Å². The molecule has 6 heteroatoms. The van der Waals surface area contributed by atoms with Gasteiger partial charge in [-0.05, 0) is 29.7 Å². The van der Waals surface area contributed by atoms with Crippen LogP contribution >= 0.6 is 11.6 Å². The Balaban J connectivity index is 2.16. The van der Waals surface area contributed by atoms with Gasteiger partial charge in [0.1, 0.15) is 5.15 Å². The van der Waals surface area contributed by atoms with Crippen molar-refractivity contribution >= 4 is 11.6 Å². The second kappa shape index (κ2) is 5.27. The van der Waals surface area contributed by atoms with Gasteiger partial charge in [-0.15, -0.1) is 0 Å². The Bertz CT molecular complexity index is 496. The van der Waals surface area contributed by atoms with Crippen molar-refractivity contribution in [2.24, 2.45) is 12.9 Å². The SMILES string of the molecule is Cn1cc(CC(NN)c2ccnc(Cl)c2)cn1. The van der Waals surface area contributed by atoms with E-state index in [0.29, 0.717) is 5.15 Å². The molecule has 2 heterocycles. The quantitative estimate of drug-likeness (QED) is 0.487. The first-order valence-electron chi connectivity index (χ1n) is 5.24. The van der Waals surface area contributed by atoms with Crippen molar-refractivity contribution < 1.29 is 0 Å². The first kappa shape index (κ1) is 12.0. The molecule has 0 spiro atoms. The second-order valence-corrected chi connectivity index (χ2v) is 4.24. The van der Waals surface area contributed by atoms with Crippen molar-refractivity contribution in [3.05, 3.63) is 47.0 Å². The molecular formula is C11H14ClN5. The predicted molar refractivity (Wildman–Crippen MR) is 66.2 cm³/mol. The maximum Gasteiger partial charge on any atom is 0.129 e. The Hall–Kier alpha value is -1.43. The van der Waals surface area contributed by atoms with Gasteiger partial charge >= 0.3 is 0 Å². The maximum atomic E-state index is 5.86. The minimum Gasteiger partial charge on any atom is -0.276 e. The van der Waals surface area contributed by atoms with Gasteiger partial charge in [-0.25, -0.2) is 4.98 Å². The highest BCUT2D eigenvalue weighted by Gasteiger charge is 2.12. The highest BCUT2D eigenvalue weighted by Crippen LogP contribution is 2.19. The molecule has 2 rings (SSSR count). The summed E-state index contributed by atoms with van der Waals surface area (Å²) in [6.45, 7) is 0. The van der Waals surface area contributed by atoms with E-state index in [-0.39, 0.29) is 6.04 Å². The standard InChI is InChI=1S/C11H14ClN5/c1-17-7-8(6-15-17)4-10(16-13)9-2-3-14-11(12)5-9/h2-3,5-7,10,16H,4,13H2,1H3. The number of hydrogen-bond donors (Lipinski definition) is 2. The Morgan fingerprint density at radius 3 is 3.00 bits per heavy atom. The first-order chi connectivity index (χ1) is 8.19. The molecule has 17 heavy (non-hydrogen) atoms. The minimum absolute atomic E-state index is 0.000278. The Labute approximate surface area is 105 Å². The molecule has 0 aliphatic rings. The molecular weight excluding hydrogens is 238 g/mol. The minimum atomic E-state index is -0.000278. The Morgan fingerprint density at radius 1 is 1.59 bits per heavy atom. The molecule has 5 nitrogen and oxygen atoms in total. The van der Waals surface area contributed by atoms with Gasteiger partial charge in [0.25, 0.3) is 0 Å². The maximum absolute atomic E-state index is 5.86. The van der Waals surface area contributed by atoms with E-state index in [4.69, 9.17) is 17.4 Å². The molecule has 0 aliphatic carbocycles. The normalized spacial score (nSPS) is 12.6. The monoisotopic (exact) mass is 251 g/mol. The third kappa shape index (κ3) is 3.03. The summed E-state index contributed by atoms with van der Waals surface area (Å²) < 4.78 is 1.77. The number of halogens is 1. The fourth-order valence-corrected chi connectivity index (χ4v) is 1.90. The lowest BCUT2D eigenvalue weighted by molar-refractivity contribution is 0.551. The van der Waals surface area contributed by atoms with Crippen LogP contribution in [0.5, 0.6) is 0 Å². The molecule has 0 saturated carbocycles. The lowest BCUT2D eigenvalue weighted by Crippen LogP contribution is -2.29. The molecule has 0 fully saturated rings. The van der Waals surface area contributed by atoms with Crippen LogP contribution in [-0.2, 0) is 13.5 Å². The molecule has 0 bridgehead atoms. The van der Waals surface area contributed by atoms with Crippen molar-refractivity contribution in [2.75, 3.05) is 0 Å². The summed E-state index contributed by atoms with van der Waals surface area (Å²) in [5.41, 5.74) is 4.90. The molecule has 0 amide bonds. The van der Waals surface area contributed by atoms with Gasteiger partial charge in [-0.1, -0.05) is 11.6 Å². The summed E-state index contributed by atoms with van der Waals surface area (Å²) in [5.74, 6) is 5.57. The van der Waals surface area contributed by atoms with Gasteiger partial charge < -0.3 is 0 Å². The fourth-order valence-electron chi connectivity index (χ4n) is 1.72. The van der Waals surface area contributed by atoms with Gasteiger partial charge in [0.2, 0.25) is 0 Å². The highest BCUT2D eigenvalue weighted by molar-refractivity contribution is 6.29. The lowest BCUT2D eigenvalue weighted by atomic mass is 10.0. The molecule has 1 atom stereocenters. The molecule has 2 aromatic rings. The van der Waals surface area contributed by atoms with E-state index in [1.54, 1.807) is 10.9 Å². The number of hydrazine groups is 1. The largest absolute Gasteiger partial charge is 0.276 e. The number of aromatic nitrogens is 3. The van der Waals surface area contributed by atoms with Gasteiger partial charge in [0, 0.05) is 19.4 Å². The lowest BCUT2D eigenvalue weighted by Gasteiger charge is -2.15. The molecule has 1 unspecified atom stereocenters. The van der Waals surface area contributed by atoms with Crippen molar-refractivity contribution in [3.8, 4) is 0 Å². The Kier molecular flexibility index (Phi) is 3.73. The summed E-state index contributed by atoms with van der Waals surface area (Å²) in [6.07, 6.45) is 6.22. The van der Waals surface area contributed by atoms with E-state index >= 15 is 0 Å². The number of nitrogens with zero attached hydrogens (tertiary/aromatic N) is 3. The van der Waals surface area contributed by atoms with Crippen molar-refractivity contribution in [1.82, 2.24) is 20.2 Å². The zero-order chi connectivity index (χ0) is 12.3. The van der Waals surface area contributed by atoms with E-state index < -0.39 is 0 Å². The summed E-state index contributed by atoms with van der Waals surface area (Å²) in [7, 11) is 1.89. The van der Waals surface area contributed by atoms with E-state index in [1.807, 2.05) is 31.6 Å². The van der Waals surface area contributed by atoms with Crippen LogP contribution in [0.25, 0.3) is 0 Å². The van der Waals surface area contributed by atoms with Crippen LogP contribution in [0.1, 0.15) is 17.2 Å². The number of hydrogen-bond acceptors (Lipinski definition) is 4. The average Bonchev–Trinajstić information content (AvgIpc) is 2.72. The highest BCUT2D eigenvalue weighted by atomic mass is 35.5. The van der Waals surface area contributed by atoms with Crippen LogP contribution in [0.4, 0.5) is 0 Å². The average molecular weight is 252 g/mol. The molecule has 0 saturated heterocycles. The molecule has 0 aromatic carbocycles. The van der Waals surface area contributed by atoms with Crippen LogP contribution in [0.15, 0.2) is 30.7 Å². The first-order valence-corrected chi connectivity index (χ1v) is 5.62. The van der Waals surface area contributed by atoms with Crippen molar-refractivity contribution in [3.63, 3.8) is 0 Å². The van der Waals surface area contributed by atoms with Crippen LogP contribution < -0.4 is 11.3 Å². The number of rotatable bonds is 4. The summed E-state index contributed by atoms with van der Waals surface area (Å²) in [6, 6.07) is 3.70. The van der Waals surface area contributed by atoms with E-state index in [0.717, 1.165) is 17.5 Å². The summed E-state index contributed by atoms with van der Waals surface area (Å²) in [5, 5.41) is 4.59. The molecule has 2 aromatic heterocycles. The molecule has 3 N–H and O–H groups in total. The van der Waals surface area contributed by atoms with Gasteiger partial charge in [-0.2, -0.15) is 5.10 Å². The third-order valence-corrected chi connectivity index (χ3v) is 2.76. The van der Waals surface area contributed by atoms with E-state index in [9.17, 15) is 0 Å². The topological polar surface area (TPSA) is 68.8 Å². The van der Waals surface area contributed by atoms with Crippen molar-refractivity contribution in [2.45, 2.75) is 12.5 Å². The molecule has 0 aliphatic heterocycles. The smallest absolute Gasteiger partial charge is 0.129 e. The molecule has 0 radical (unpaired) electrons. The van der Waals surface area contributed by atoms with Crippen LogP contribution in [0.2, 0.25) is 5.15 Å². The number of nitrogens with two attached hydrogens (primary N) is 1. The summed E-state index contributed by atoms with van der Waals surface area (Å²) in [4.78, 5) is 3.95. The number of pyridine rings is 1. The third-order valence-electron chi connectivity index (χ3n) is 2.55.